The number of hydrogen-bond acceptors (Lipinski definition) is 49. The van der Waals surface area contributed by atoms with E-state index in [1.165, 1.54) is 163 Å². The third-order valence-electron chi connectivity index (χ3n) is 21.4. The van der Waals surface area contributed by atoms with Crippen LogP contribution >= 0.6 is 22.7 Å². The molecule has 0 saturated carbocycles. The van der Waals surface area contributed by atoms with Gasteiger partial charge in [0.15, 0.2) is 156 Å². The number of thiazole rings is 2. The molecule has 0 bridgehead atoms. The number of esters is 2. The van der Waals surface area contributed by atoms with Crippen molar-refractivity contribution in [2.45, 2.75) is 55.4 Å². The van der Waals surface area contributed by atoms with Gasteiger partial charge in [0.1, 0.15) is 42.3 Å². The van der Waals surface area contributed by atoms with Gasteiger partial charge in [0.25, 0.3) is 5.91 Å². The first-order valence-corrected chi connectivity index (χ1v) is 43.9. The zero-order valence-corrected chi connectivity index (χ0v) is 80.1. The number of nitrogens with zero attached hydrogens (tertiary/aromatic N) is 44. The number of rotatable bonds is 27. The fraction of sp³-hybridized carbons (Fsp3) is 0.181. The van der Waals surface area contributed by atoms with Crippen LogP contribution in [0.4, 0.5) is 104 Å². The van der Waals surface area contributed by atoms with Crippen molar-refractivity contribution in [2.75, 3.05) is 55.2 Å². The molecular weight excluding hydrogens is 1920 g/mol. The van der Waals surface area contributed by atoms with Crippen LogP contribution in [0.2, 0.25) is 0 Å². The molecule has 0 aliphatic heterocycles. The fourth-order valence-corrected chi connectivity index (χ4v) is 15.9. The number of ether oxygens (including phenoxy) is 2. The van der Waals surface area contributed by atoms with E-state index in [1.54, 1.807) is 87.9 Å². The van der Waals surface area contributed by atoms with Crippen molar-refractivity contribution in [2.24, 2.45) is 95.3 Å². The van der Waals surface area contributed by atoms with Crippen LogP contribution in [0.5, 0.6) is 0 Å². The molecule has 0 radical (unpaired) electrons. The maximum atomic E-state index is 12.7. The average Bonchev–Trinajstić information content (AvgIpc) is 1.65. The van der Waals surface area contributed by atoms with Gasteiger partial charge in [-0.1, -0.05) is 46.9 Å². The number of azo groups is 6. The highest BCUT2D eigenvalue weighted by Gasteiger charge is 2.30. The first-order valence-electron chi connectivity index (χ1n) is 42.3. The molecule has 0 atom stereocenters. The number of para-hydroxylation sites is 2. The molecule has 145 heavy (non-hydrogen) atoms. The highest BCUT2D eigenvalue weighted by Crippen LogP contribution is 2.42. The number of carbonyl (C=O) groups is 6. The van der Waals surface area contributed by atoms with E-state index in [0.29, 0.717) is 78.6 Å². The number of benzene rings is 2. The van der Waals surface area contributed by atoms with Crippen molar-refractivity contribution in [1.82, 2.24) is 157 Å². The first kappa shape index (κ1) is 96.4. The molecule has 62 heteroatoms. The lowest BCUT2D eigenvalue weighted by molar-refractivity contribution is 0.0592. The molecule has 17 heterocycles. The van der Waals surface area contributed by atoms with Crippen LogP contribution < -0.4 is 40.1 Å². The Morgan fingerprint density at radius 1 is 0.338 bits per heavy atom. The summed E-state index contributed by atoms with van der Waals surface area (Å²) in [5.41, 5.74) is 50.6. The number of primary amides is 1. The molecule has 19 aromatic rings. The number of Topliss-reactive ketones (excluding diaryl/α,β-unsaturated/α-hetero) is 3. The van der Waals surface area contributed by atoms with Gasteiger partial charge in [0.05, 0.1) is 123 Å². The van der Waals surface area contributed by atoms with Gasteiger partial charge in [-0.05, 0) is 79.7 Å². The number of anilines is 6. The van der Waals surface area contributed by atoms with Crippen molar-refractivity contribution in [1.29, 1.82) is 0 Å². The van der Waals surface area contributed by atoms with Crippen molar-refractivity contribution >= 4 is 182 Å². The van der Waals surface area contributed by atoms with E-state index in [0.717, 1.165) is 20.4 Å². The number of ketones is 3. The monoisotopic (exact) mass is 2000 g/mol. The number of aliphatic hydroxyl groups is 1. The smallest absolute Gasteiger partial charge is 0.343 e. The molecule has 732 valence electrons. The number of hydrogen-bond donors (Lipinski definition) is 8. The summed E-state index contributed by atoms with van der Waals surface area (Å²) in [4.78, 5) is 108. The number of nitrogen functional groups attached to an aromatic ring is 6. The van der Waals surface area contributed by atoms with Crippen molar-refractivity contribution < 1.29 is 43.3 Å². The number of aryl methyl sites for hydroxylation is 10. The van der Waals surface area contributed by atoms with Gasteiger partial charge in [-0.3, -0.25) is 19.2 Å². The Morgan fingerprint density at radius 3 is 0.869 bits per heavy atom. The highest BCUT2D eigenvalue weighted by molar-refractivity contribution is 7.21. The SMILES string of the molecule is CC(=O)c1cnn(C)c1N=Nc1c(C)nn(-c2cc(-n3nc(C)c(N=Nc4c(C(C)=O)cnn4C)c3N)ncn2)c1N.COC(=O)c1cnn(-c2nc3ccccc3s2)c1N=Nc1c(C)nn(-c2cc(-n3nc(C)c(N=Nc4c(C(=O)CO)cnn4-c4nc5ccccc5s4)c3N)ncn2)c1N.COC(=O)c1cnn(C)c1N=Nc1c(C)nn(-c2cc(-n3nc(C)c(N=Nc4c(C(N)=O)cnn4C)c3N)ncn2)c1N. The van der Waals surface area contributed by atoms with Crippen molar-refractivity contribution in [3.63, 3.8) is 0 Å². The van der Waals surface area contributed by atoms with E-state index in [4.69, 9.17) is 49.6 Å². The molecule has 0 fully saturated rings. The minimum atomic E-state index is -0.763. The summed E-state index contributed by atoms with van der Waals surface area (Å²) in [7, 11) is 9.02. The second kappa shape index (κ2) is 39.7. The van der Waals surface area contributed by atoms with Gasteiger partial charge in [0, 0.05) is 46.4 Å². The summed E-state index contributed by atoms with van der Waals surface area (Å²) in [5.74, 6) is 0.388. The summed E-state index contributed by atoms with van der Waals surface area (Å²) < 4.78 is 28.1. The molecule has 19 rings (SSSR count). The molecule has 60 nitrogen and oxygen atoms in total. The van der Waals surface area contributed by atoms with E-state index in [2.05, 4.69) is 162 Å². The largest absolute Gasteiger partial charge is 0.465 e. The summed E-state index contributed by atoms with van der Waals surface area (Å²) in [5, 5.41) is 113. The third kappa shape index (κ3) is 18.6. The van der Waals surface area contributed by atoms with Gasteiger partial charge < -0.3 is 54.7 Å². The Balaban J connectivity index is 0.000000153. The van der Waals surface area contributed by atoms with E-state index >= 15 is 0 Å². The highest BCUT2D eigenvalue weighted by atomic mass is 32.1. The van der Waals surface area contributed by atoms with E-state index in [1.807, 2.05) is 48.5 Å². The van der Waals surface area contributed by atoms with Gasteiger partial charge in [0.2, 0.25) is 10.3 Å². The normalized spacial score (nSPS) is 11.8. The maximum Gasteiger partial charge on any atom is 0.343 e. The second-order valence-corrected chi connectivity index (χ2v) is 32.9. The standard InChI is InChI=1S/C36H28N18O4S2.C24H26N16O2.C23H25N17O3/c1-17-28(45-47-32-19(23(56)15-55)13-41-53(32)35-43-21-8-4-6-10-24(21)59-35)30(37)51(49-17)26-12-27(40-16-39-26)52-31(38)29(18(2)50-52)46-48-33-20(34(57)58-3)14-42-54(33)36-44-22-9-5-7-11-25(22)60-36;1-11-19(31-33-23-15(13(3)41)8-29-37(23)5)21(25)39(35-11)17-7-18(28-10-27-17)40-22(26)20(12(2)36-40)32-34-24-16(14(4)42)9-30-38(24)6;1-10-16(31-33-21-12(20(26)41)7-29-37(21)3)18(24)39(35-10)14-6-15(28-9-27-14)40-19(25)17(11(2)36-40)32-34-22-13(23(42)43-5)8-30-38(22)4/h4-14,16,55H,15,37-38H2,1-3H3;7-10H,25-26H2,1-6H3;6-9H,24-25H2,1-5H3,(H2,26,41). The molecule has 0 spiro atoms. The molecule has 0 unspecified atom stereocenters. The Labute approximate surface area is 820 Å². The summed E-state index contributed by atoms with van der Waals surface area (Å²) in [6.07, 6.45) is 12.0. The lowest BCUT2D eigenvalue weighted by Crippen LogP contribution is -2.10. The Hall–Kier alpha value is -20.2. The zero-order chi connectivity index (χ0) is 103. The molecule has 15 N–H and O–H groups in total. The predicted molar refractivity (Wildman–Crippen MR) is 518 cm³/mol. The average molecular weight is 2000 g/mol. The maximum absolute atomic E-state index is 12.7. The van der Waals surface area contributed by atoms with Crippen LogP contribution in [-0.2, 0) is 37.7 Å². The topological polar surface area (TPSA) is 789 Å². The number of methoxy groups -OCH3 is 2. The van der Waals surface area contributed by atoms with E-state index in [-0.39, 0.29) is 150 Å². The molecular formula is C83H79N51O9S2. The van der Waals surface area contributed by atoms with Crippen LogP contribution in [0.15, 0.2) is 184 Å². The zero-order valence-electron chi connectivity index (χ0n) is 78.5. The quantitative estimate of drug-likeness (QED) is 0.0135. The molecule has 0 aliphatic rings. The van der Waals surface area contributed by atoms with Crippen molar-refractivity contribution in [3.8, 4) is 45.2 Å². The van der Waals surface area contributed by atoms with Crippen LogP contribution in [-0.4, -0.2) is 218 Å². The predicted octanol–water partition coefficient (Wildman–Crippen LogP) is 11.2. The molecule has 0 aliphatic carbocycles. The molecule has 0 saturated heterocycles. The van der Waals surface area contributed by atoms with Crippen LogP contribution in [0, 0.1) is 41.5 Å². The van der Waals surface area contributed by atoms with Gasteiger partial charge >= 0.3 is 11.9 Å². The van der Waals surface area contributed by atoms with Crippen LogP contribution in [0.1, 0.15) is 110 Å². The number of nitrogens with two attached hydrogens (primary N) is 7. The number of aromatic nitrogens is 32. The lowest BCUT2D eigenvalue weighted by Gasteiger charge is -2.06. The van der Waals surface area contributed by atoms with Crippen LogP contribution in [0.25, 0.3) is 65.6 Å². The number of carbonyl (C=O) groups excluding carboxylic acids is 6. The Morgan fingerprint density at radius 2 is 0.586 bits per heavy atom. The van der Waals surface area contributed by atoms with Gasteiger partial charge in [-0.2, -0.15) is 98.6 Å². The van der Waals surface area contributed by atoms with E-state index < -0.39 is 30.2 Å². The first-order chi connectivity index (χ1) is 69.6. The molecule has 1 amide bonds. The molecule has 2 aromatic carbocycles. The summed E-state index contributed by atoms with van der Waals surface area (Å²) in [6.45, 7) is 12.2. The fourth-order valence-electron chi connectivity index (χ4n) is 14.0. The molecule has 17 aromatic heterocycles. The number of amides is 1. The Bertz CT molecular complexity index is 8180. The number of fused-ring (bicyclic) bond motifs is 2. The summed E-state index contributed by atoms with van der Waals surface area (Å²) in [6, 6.07) is 19.8. The second-order valence-electron chi connectivity index (χ2n) is 30.9. The minimum absolute atomic E-state index is 0.0401. The van der Waals surface area contributed by atoms with Crippen molar-refractivity contribution in [3.05, 3.63) is 190 Å². The third-order valence-corrected chi connectivity index (χ3v) is 23.4. The Kier molecular flexibility index (Phi) is 26.4. The van der Waals surface area contributed by atoms with E-state index in [9.17, 15) is 33.9 Å². The van der Waals surface area contributed by atoms with Gasteiger partial charge in [-0.15, -0.1) is 61.4 Å². The number of aliphatic hydroxyl groups excluding tert-OH is 1. The van der Waals surface area contributed by atoms with Crippen LogP contribution in [0.3, 0.4) is 0 Å². The minimum Gasteiger partial charge on any atom is -0.465 e. The van der Waals surface area contributed by atoms with Gasteiger partial charge in [-0.25, -0.2) is 68.2 Å². The lowest BCUT2D eigenvalue weighted by atomic mass is 10.2. The summed E-state index contributed by atoms with van der Waals surface area (Å²) >= 11 is 2.70.